The Bertz CT molecular complexity index is 650. The Morgan fingerprint density at radius 1 is 1.39 bits per heavy atom. The maximum absolute atomic E-state index is 12.2. The monoisotopic (exact) mass is 266 g/mol. The number of hydrogen-bond acceptors (Lipinski definition) is 4. The van der Waals surface area contributed by atoms with Crippen LogP contribution in [0.1, 0.15) is 6.92 Å². The number of pyridine rings is 1. The van der Waals surface area contributed by atoms with E-state index in [1.54, 1.807) is 37.5 Å². The van der Waals surface area contributed by atoms with Crippen molar-refractivity contribution in [3.63, 3.8) is 0 Å². The highest BCUT2D eigenvalue weighted by atomic mass is 32.2. The molecule has 2 rings (SSSR count). The van der Waals surface area contributed by atoms with Crippen LogP contribution >= 0.6 is 0 Å². The fourth-order valence-corrected chi connectivity index (χ4v) is 3.16. The van der Waals surface area contributed by atoms with Crippen LogP contribution in [0.2, 0.25) is 0 Å². The highest BCUT2D eigenvalue weighted by molar-refractivity contribution is 7.89. The molecule has 2 N–H and O–H groups in total. The van der Waals surface area contributed by atoms with Crippen LogP contribution in [0.4, 0.5) is 0 Å². The quantitative estimate of drug-likeness (QED) is 0.861. The molecule has 1 heterocycles. The van der Waals surface area contributed by atoms with Gasteiger partial charge in [-0.2, -0.15) is 0 Å². The summed E-state index contributed by atoms with van der Waals surface area (Å²) >= 11 is 0. The van der Waals surface area contributed by atoms with Crippen LogP contribution < -0.4 is 4.72 Å². The van der Waals surface area contributed by atoms with E-state index < -0.39 is 16.1 Å². The lowest BCUT2D eigenvalue weighted by Gasteiger charge is -2.13. The number of aliphatic hydroxyl groups is 1. The lowest BCUT2D eigenvalue weighted by Crippen LogP contribution is -2.35. The zero-order valence-corrected chi connectivity index (χ0v) is 10.7. The smallest absolute Gasteiger partial charge is 0.241 e. The van der Waals surface area contributed by atoms with Gasteiger partial charge in [-0.25, -0.2) is 13.1 Å². The van der Waals surface area contributed by atoms with Gasteiger partial charge >= 0.3 is 0 Å². The molecule has 1 aromatic heterocycles. The maximum atomic E-state index is 12.2. The number of benzene rings is 1. The highest BCUT2D eigenvalue weighted by Crippen LogP contribution is 2.21. The van der Waals surface area contributed by atoms with Crippen molar-refractivity contribution in [3.05, 3.63) is 36.7 Å². The Morgan fingerprint density at radius 3 is 2.89 bits per heavy atom. The van der Waals surface area contributed by atoms with Crippen LogP contribution in [0.5, 0.6) is 0 Å². The van der Waals surface area contributed by atoms with Gasteiger partial charge in [0.1, 0.15) is 0 Å². The van der Waals surface area contributed by atoms with Crippen LogP contribution in [0, 0.1) is 0 Å². The molecule has 18 heavy (non-hydrogen) atoms. The van der Waals surface area contributed by atoms with Crippen molar-refractivity contribution in [2.45, 2.75) is 17.9 Å². The summed E-state index contributed by atoms with van der Waals surface area (Å²) < 4.78 is 26.8. The van der Waals surface area contributed by atoms with Crippen LogP contribution in [-0.2, 0) is 10.0 Å². The molecule has 0 bridgehead atoms. The standard InChI is InChI=1S/C12H14N2O3S/c1-9(8-15)14-18(16,17)12-4-2-3-10-7-13-6-5-11(10)12/h2-7,9,14-15H,8H2,1H3. The number of nitrogens with zero attached hydrogens (tertiary/aromatic N) is 1. The van der Waals surface area contributed by atoms with E-state index in [0.29, 0.717) is 5.39 Å². The summed E-state index contributed by atoms with van der Waals surface area (Å²) in [4.78, 5) is 4.15. The van der Waals surface area contributed by atoms with E-state index in [-0.39, 0.29) is 11.5 Å². The second-order valence-electron chi connectivity index (χ2n) is 4.06. The first-order chi connectivity index (χ1) is 8.54. The third kappa shape index (κ3) is 2.50. The first kappa shape index (κ1) is 12.9. The highest BCUT2D eigenvalue weighted by Gasteiger charge is 2.19. The predicted molar refractivity (Wildman–Crippen MR) is 68.6 cm³/mol. The van der Waals surface area contributed by atoms with Gasteiger partial charge in [0.05, 0.1) is 11.5 Å². The van der Waals surface area contributed by atoms with E-state index in [1.807, 2.05) is 0 Å². The molecule has 0 saturated heterocycles. The van der Waals surface area contributed by atoms with Crippen molar-refractivity contribution in [1.82, 2.24) is 9.71 Å². The fraction of sp³-hybridized carbons (Fsp3) is 0.250. The Kier molecular flexibility index (Phi) is 3.60. The van der Waals surface area contributed by atoms with Gasteiger partial charge in [-0.15, -0.1) is 0 Å². The Morgan fingerprint density at radius 2 is 2.17 bits per heavy atom. The van der Waals surface area contributed by atoms with Crippen LogP contribution in [0.3, 0.4) is 0 Å². The van der Waals surface area contributed by atoms with E-state index in [1.165, 1.54) is 6.07 Å². The van der Waals surface area contributed by atoms with Gasteiger partial charge in [0.2, 0.25) is 10.0 Å². The van der Waals surface area contributed by atoms with E-state index in [2.05, 4.69) is 9.71 Å². The van der Waals surface area contributed by atoms with Crippen molar-refractivity contribution in [2.75, 3.05) is 6.61 Å². The summed E-state index contributed by atoms with van der Waals surface area (Å²) in [5.74, 6) is 0. The van der Waals surface area contributed by atoms with Crippen molar-refractivity contribution in [2.24, 2.45) is 0 Å². The second-order valence-corrected chi connectivity index (χ2v) is 5.74. The van der Waals surface area contributed by atoms with Crippen molar-refractivity contribution < 1.29 is 13.5 Å². The third-order valence-corrected chi connectivity index (χ3v) is 4.21. The zero-order chi connectivity index (χ0) is 13.2. The van der Waals surface area contributed by atoms with Gasteiger partial charge in [0.15, 0.2) is 0 Å². The van der Waals surface area contributed by atoms with E-state index in [0.717, 1.165) is 5.39 Å². The van der Waals surface area contributed by atoms with Crippen LogP contribution in [-0.4, -0.2) is 31.2 Å². The van der Waals surface area contributed by atoms with E-state index in [9.17, 15) is 8.42 Å². The van der Waals surface area contributed by atoms with Gasteiger partial charge in [-0.1, -0.05) is 12.1 Å². The molecular formula is C12H14N2O3S. The average molecular weight is 266 g/mol. The number of hydrogen-bond donors (Lipinski definition) is 2. The van der Waals surface area contributed by atoms with Crippen molar-refractivity contribution in [1.29, 1.82) is 0 Å². The molecule has 6 heteroatoms. The molecule has 0 aliphatic carbocycles. The van der Waals surface area contributed by atoms with Crippen molar-refractivity contribution >= 4 is 20.8 Å². The molecule has 1 unspecified atom stereocenters. The zero-order valence-electron chi connectivity index (χ0n) is 9.87. The second kappa shape index (κ2) is 5.01. The first-order valence-corrected chi connectivity index (χ1v) is 6.99. The summed E-state index contributed by atoms with van der Waals surface area (Å²) in [6.45, 7) is 1.36. The van der Waals surface area contributed by atoms with Gasteiger partial charge < -0.3 is 5.11 Å². The minimum absolute atomic E-state index is 0.197. The summed E-state index contributed by atoms with van der Waals surface area (Å²) in [6, 6.07) is 6.15. The molecule has 5 nitrogen and oxygen atoms in total. The molecule has 0 aliphatic heterocycles. The molecule has 1 aromatic carbocycles. The Hall–Kier alpha value is -1.50. The van der Waals surface area contributed by atoms with Crippen molar-refractivity contribution in [3.8, 4) is 0 Å². The number of rotatable bonds is 4. The van der Waals surface area contributed by atoms with Crippen LogP contribution in [0.15, 0.2) is 41.6 Å². The molecule has 0 radical (unpaired) electrons. The minimum Gasteiger partial charge on any atom is -0.395 e. The first-order valence-electron chi connectivity index (χ1n) is 5.50. The van der Waals surface area contributed by atoms with E-state index >= 15 is 0 Å². The summed E-state index contributed by atoms with van der Waals surface area (Å²) in [5.41, 5.74) is 0. The molecule has 0 amide bonds. The summed E-state index contributed by atoms with van der Waals surface area (Å²) in [5, 5.41) is 10.3. The number of aliphatic hydroxyl groups excluding tert-OH is 1. The molecule has 1 atom stereocenters. The molecule has 96 valence electrons. The fourth-order valence-electron chi connectivity index (χ4n) is 1.69. The largest absolute Gasteiger partial charge is 0.395 e. The maximum Gasteiger partial charge on any atom is 0.241 e. The van der Waals surface area contributed by atoms with Gasteiger partial charge in [0, 0.05) is 29.2 Å². The number of fused-ring (bicyclic) bond motifs is 1. The summed E-state index contributed by atoms with van der Waals surface area (Å²) in [7, 11) is -3.64. The Balaban J connectivity index is 2.54. The lowest BCUT2D eigenvalue weighted by molar-refractivity contribution is 0.265. The molecule has 2 aromatic rings. The average Bonchev–Trinajstić information content (AvgIpc) is 2.37. The normalized spacial score (nSPS) is 13.7. The Labute approximate surface area is 106 Å². The minimum atomic E-state index is -3.64. The molecular weight excluding hydrogens is 252 g/mol. The molecule has 0 spiro atoms. The van der Waals surface area contributed by atoms with Crippen LogP contribution in [0.25, 0.3) is 10.8 Å². The van der Waals surface area contributed by atoms with Gasteiger partial charge in [-0.3, -0.25) is 4.98 Å². The number of nitrogens with one attached hydrogen (secondary N) is 1. The molecule has 0 fully saturated rings. The molecule has 0 saturated carbocycles. The topological polar surface area (TPSA) is 79.3 Å². The predicted octanol–water partition coefficient (Wildman–Crippen LogP) is 0.894. The van der Waals surface area contributed by atoms with E-state index in [4.69, 9.17) is 5.11 Å². The number of aromatic nitrogens is 1. The van der Waals surface area contributed by atoms with Gasteiger partial charge in [-0.05, 0) is 19.1 Å². The lowest BCUT2D eigenvalue weighted by atomic mass is 10.2. The molecule has 0 aliphatic rings. The SMILES string of the molecule is CC(CO)NS(=O)(=O)c1cccc2cnccc12. The number of sulfonamides is 1. The summed E-state index contributed by atoms with van der Waals surface area (Å²) in [6.07, 6.45) is 3.17. The third-order valence-electron chi connectivity index (χ3n) is 2.56. The van der Waals surface area contributed by atoms with Gasteiger partial charge in [0.25, 0.3) is 0 Å².